The molecule has 0 fully saturated rings. The lowest BCUT2D eigenvalue weighted by Gasteiger charge is -2.43. The quantitative estimate of drug-likeness (QED) is 0.511. The Balaban J connectivity index is 2.33. The summed E-state index contributed by atoms with van der Waals surface area (Å²) in [4.78, 5) is 0.889. The van der Waals surface area contributed by atoms with E-state index in [4.69, 9.17) is 4.36 Å². The molecule has 2 aromatic rings. The molecule has 146 valence electrons. The molecule has 0 aromatic heterocycles. The molecule has 1 aliphatic heterocycles. The van der Waals surface area contributed by atoms with Gasteiger partial charge in [-0.05, 0) is 42.1 Å². The molecule has 1 aliphatic rings. The Labute approximate surface area is 166 Å². The number of rotatable bonds is 3. The van der Waals surface area contributed by atoms with Crippen molar-refractivity contribution in [3.05, 3.63) is 59.7 Å². The predicted octanol–water partition coefficient (Wildman–Crippen LogP) is 7.00. The van der Waals surface area contributed by atoms with Crippen LogP contribution in [0.3, 0.4) is 0 Å². The van der Waals surface area contributed by atoms with Gasteiger partial charge in [-0.2, -0.15) is 4.36 Å². The van der Waals surface area contributed by atoms with E-state index >= 15 is 0 Å². The second-order valence-corrected chi connectivity index (χ2v) is 18.1. The molecule has 0 saturated heterocycles. The third-order valence-corrected chi connectivity index (χ3v) is 10.0. The molecule has 0 N–H and O–H groups in total. The molecule has 3 rings (SSSR count). The Morgan fingerprint density at radius 1 is 1.00 bits per heavy atom. The molecular weight excluding hydrogens is 366 g/mol. The van der Waals surface area contributed by atoms with Crippen molar-refractivity contribution >= 4 is 23.5 Å². The standard InChI is InChI=1S/C23H33NOSSi/c1-17-12-14-18(15-13-17)26(25)21(16-27(5,6)7)22(23(2,3)4)19-10-8-9-11-20(19)24-26/h8-15,21-22H,16H2,1-7H3/t21-,22-,26?/m1/s1. The van der Waals surface area contributed by atoms with Crippen LogP contribution in [0.25, 0.3) is 0 Å². The molecule has 0 aliphatic carbocycles. The normalized spacial score (nSPS) is 25.6. The molecule has 27 heavy (non-hydrogen) atoms. The van der Waals surface area contributed by atoms with Crippen molar-refractivity contribution < 1.29 is 4.21 Å². The van der Waals surface area contributed by atoms with Gasteiger partial charge in [-0.3, -0.25) is 0 Å². The average molecular weight is 400 g/mol. The molecule has 3 atom stereocenters. The summed E-state index contributed by atoms with van der Waals surface area (Å²) in [6.07, 6.45) is 0. The maximum atomic E-state index is 14.6. The molecule has 0 amide bonds. The van der Waals surface area contributed by atoms with Crippen LogP contribution in [-0.2, 0) is 9.73 Å². The van der Waals surface area contributed by atoms with Crippen molar-refractivity contribution in [2.75, 3.05) is 0 Å². The number of hydrogen-bond donors (Lipinski definition) is 0. The minimum absolute atomic E-state index is 0.0176. The van der Waals surface area contributed by atoms with Gasteiger partial charge in [0.1, 0.15) is 0 Å². The summed E-state index contributed by atoms with van der Waals surface area (Å²) < 4.78 is 19.6. The molecule has 4 heteroatoms. The van der Waals surface area contributed by atoms with Crippen molar-refractivity contribution in [2.24, 2.45) is 9.78 Å². The number of fused-ring (bicyclic) bond motifs is 1. The van der Waals surface area contributed by atoms with Crippen LogP contribution in [0, 0.1) is 12.3 Å². The van der Waals surface area contributed by atoms with Gasteiger partial charge in [0.15, 0.2) is 0 Å². The van der Waals surface area contributed by atoms with Crippen molar-refractivity contribution in [1.29, 1.82) is 0 Å². The van der Waals surface area contributed by atoms with Crippen LogP contribution in [0.2, 0.25) is 25.7 Å². The van der Waals surface area contributed by atoms with E-state index in [1.165, 1.54) is 11.1 Å². The number of aryl methyl sites for hydroxylation is 1. The third kappa shape index (κ3) is 4.07. The average Bonchev–Trinajstić information content (AvgIpc) is 2.53. The summed E-state index contributed by atoms with van der Waals surface area (Å²) in [5.74, 6) is 0.228. The minimum atomic E-state index is -2.55. The van der Waals surface area contributed by atoms with Gasteiger partial charge in [0.05, 0.1) is 20.7 Å². The molecular formula is C23H33NOSSi. The fourth-order valence-electron chi connectivity index (χ4n) is 4.25. The molecule has 0 saturated carbocycles. The van der Waals surface area contributed by atoms with Crippen LogP contribution in [-0.4, -0.2) is 17.5 Å². The Morgan fingerprint density at radius 3 is 2.15 bits per heavy atom. The van der Waals surface area contributed by atoms with Crippen molar-refractivity contribution in [3.63, 3.8) is 0 Å². The smallest absolute Gasteiger partial charge is 0.0833 e. The van der Waals surface area contributed by atoms with Gasteiger partial charge in [-0.1, -0.05) is 76.3 Å². The van der Waals surface area contributed by atoms with E-state index in [0.717, 1.165) is 16.6 Å². The maximum absolute atomic E-state index is 14.6. The zero-order valence-electron chi connectivity index (χ0n) is 17.7. The van der Waals surface area contributed by atoms with Gasteiger partial charge in [0.2, 0.25) is 0 Å². The highest BCUT2D eigenvalue weighted by atomic mass is 32.2. The molecule has 0 bridgehead atoms. The topological polar surface area (TPSA) is 29.4 Å². The highest BCUT2D eigenvalue weighted by molar-refractivity contribution is 7.94. The SMILES string of the molecule is Cc1ccc(S2(=O)=Nc3ccccc3[C@@H](C(C)(C)C)[C@H]2C[Si](C)(C)C)cc1. The largest absolute Gasteiger partial charge is 0.244 e. The highest BCUT2D eigenvalue weighted by Crippen LogP contribution is 2.51. The van der Waals surface area contributed by atoms with Gasteiger partial charge in [-0.15, -0.1) is 0 Å². The fraction of sp³-hybridized carbons (Fsp3) is 0.478. The van der Waals surface area contributed by atoms with Crippen LogP contribution in [0.4, 0.5) is 5.69 Å². The van der Waals surface area contributed by atoms with E-state index < -0.39 is 17.8 Å². The van der Waals surface area contributed by atoms with E-state index in [-0.39, 0.29) is 16.6 Å². The highest BCUT2D eigenvalue weighted by Gasteiger charge is 2.45. The van der Waals surface area contributed by atoms with Crippen molar-refractivity contribution in [1.82, 2.24) is 0 Å². The Hall–Kier alpha value is -1.39. The molecule has 2 nitrogen and oxygen atoms in total. The lowest BCUT2D eigenvalue weighted by molar-refractivity contribution is 0.313. The molecule has 1 heterocycles. The van der Waals surface area contributed by atoms with Gasteiger partial charge in [-0.25, -0.2) is 4.21 Å². The first-order valence-corrected chi connectivity index (χ1v) is 15.1. The van der Waals surface area contributed by atoms with E-state index in [9.17, 15) is 4.21 Å². The van der Waals surface area contributed by atoms with Crippen LogP contribution in [0.1, 0.15) is 37.8 Å². The van der Waals surface area contributed by atoms with Gasteiger partial charge >= 0.3 is 0 Å². The lowest BCUT2D eigenvalue weighted by atomic mass is 9.74. The Bertz CT molecular complexity index is 942. The van der Waals surface area contributed by atoms with Crippen LogP contribution in [0.5, 0.6) is 0 Å². The first-order valence-electron chi connectivity index (χ1n) is 9.83. The number of nitrogens with zero attached hydrogens (tertiary/aromatic N) is 1. The second-order valence-electron chi connectivity index (χ2n) is 10.2. The van der Waals surface area contributed by atoms with Crippen LogP contribution >= 0.6 is 0 Å². The maximum Gasteiger partial charge on any atom is 0.0833 e. The summed E-state index contributed by atoms with van der Waals surface area (Å²) in [5, 5.41) is 0.0433. The van der Waals surface area contributed by atoms with Crippen molar-refractivity contribution in [2.45, 2.75) is 69.4 Å². The molecule has 0 radical (unpaired) electrons. The summed E-state index contributed by atoms with van der Waals surface area (Å²) in [6.45, 7) is 16.1. The first-order chi connectivity index (χ1) is 12.4. The third-order valence-electron chi connectivity index (χ3n) is 5.39. The molecule has 0 spiro atoms. The monoisotopic (exact) mass is 399 g/mol. The van der Waals surface area contributed by atoms with E-state index in [2.05, 4.69) is 71.6 Å². The zero-order chi connectivity index (χ0) is 20.0. The van der Waals surface area contributed by atoms with Gasteiger partial charge in [0, 0.05) is 18.9 Å². The van der Waals surface area contributed by atoms with Gasteiger partial charge in [0.25, 0.3) is 0 Å². The fourth-order valence-corrected chi connectivity index (χ4v) is 10.6. The first kappa shape index (κ1) is 20.3. The van der Waals surface area contributed by atoms with Gasteiger partial charge < -0.3 is 0 Å². The predicted molar refractivity (Wildman–Crippen MR) is 120 cm³/mol. The Morgan fingerprint density at radius 2 is 1.59 bits per heavy atom. The summed E-state index contributed by atoms with van der Waals surface area (Å²) >= 11 is 0. The van der Waals surface area contributed by atoms with Crippen LogP contribution in [0.15, 0.2) is 57.8 Å². The summed E-state index contributed by atoms with van der Waals surface area (Å²) in [7, 11) is -4.00. The summed E-state index contributed by atoms with van der Waals surface area (Å²) in [6, 6.07) is 17.5. The second kappa shape index (κ2) is 6.89. The van der Waals surface area contributed by atoms with Crippen LogP contribution < -0.4 is 0 Å². The van der Waals surface area contributed by atoms with E-state index in [1.54, 1.807) is 0 Å². The van der Waals surface area contributed by atoms with E-state index in [1.807, 2.05) is 24.3 Å². The summed E-state index contributed by atoms with van der Waals surface area (Å²) in [5.41, 5.74) is 3.38. The van der Waals surface area contributed by atoms with E-state index in [0.29, 0.717) is 0 Å². The zero-order valence-corrected chi connectivity index (χ0v) is 19.6. The molecule has 1 unspecified atom stereocenters. The number of hydrogen-bond acceptors (Lipinski definition) is 2. The number of benzene rings is 2. The van der Waals surface area contributed by atoms with Crippen molar-refractivity contribution in [3.8, 4) is 0 Å². The minimum Gasteiger partial charge on any atom is -0.244 e. The molecule has 2 aromatic carbocycles. The lowest BCUT2D eigenvalue weighted by Crippen LogP contribution is -2.42. The Kier molecular flexibility index (Phi) is 5.19.